The predicted octanol–water partition coefficient (Wildman–Crippen LogP) is 4.81. The zero-order chi connectivity index (χ0) is 27.4. The standard InChI is InChI=1S/C27H23F3N8/c28-18-3-1-15(2-4-18)26(23-14-38(37-36-23)21-5-6-21)34-19-7-16(11-31)24-22(8-19)25(17(12-32)13-33-24)35-20-9-27(29,30)10-20/h1-4,7-8,13-14,20-21,26,34,36-37H,5-6,9-10H2,(H,33,35)/t26-/m1/s1/i26D. The van der Waals surface area contributed by atoms with E-state index in [2.05, 4.69) is 32.6 Å². The summed E-state index contributed by atoms with van der Waals surface area (Å²) in [5.41, 5.74) is 8.24. The number of rotatable bonds is 7. The van der Waals surface area contributed by atoms with Crippen molar-refractivity contribution in [2.24, 2.45) is 0 Å². The molecular weight excluding hydrogens is 493 g/mol. The first-order chi connectivity index (χ1) is 18.7. The van der Waals surface area contributed by atoms with Crippen LogP contribution >= 0.6 is 0 Å². The summed E-state index contributed by atoms with van der Waals surface area (Å²) in [6.07, 6.45) is 4.40. The fourth-order valence-corrected chi connectivity index (χ4v) is 4.73. The number of nitrogens with zero attached hydrogens (tertiary/aromatic N) is 4. The molecule has 0 saturated heterocycles. The lowest BCUT2D eigenvalue weighted by molar-refractivity contribution is -0.0793. The summed E-state index contributed by atoms with van der Waals surface area (Å²) in [5, 5.41) is 28.1. The van der Waals surface area contributed by atoms with Gasteiger partial charge in [0.1, 0.15) is 18.0 Å². The molecule has 8 nitrogen and oxygen atoms in total. The number of pyridine rings is 1. The summed E-state index contributed by atoms with van der Waals surface area (Å²) in [7, 11) is 0. The largest absolute Gasteiger partial charge is 0.380 e. The van der Waals surface area contributed by atoms with Crippen molar-refractivity contribution < 1.29 is 14.5 Å². The van der Waals surface area contributed by atoms with Gasteiger partial charge in [0.2, 0.25) is 0 Å². The molecule has 0 radical (unpaired) electrons. The van der Waals surface area contributed by atoms with Crippen molar-refractivity contribution in [1.82, 2.24) is 21.0 Å². The lowest BCUT2D eigenvalue weighted by Crippen LogP contribution is -2.44. The maximum absolute atomic E-state index is 13.8. The Morgan fingerprint density at radius 3 is 2.53 bits per heavy atom. The van der Waals surface area contributed by atoms with Crippen LogP contribution in [0.1, 0.15) is 49.8 Å². The van der Waals surface area contributed by atoms with Gasteiger partial charge in [0, 0.05) is 48.4 Å². The Labute approximate surface area is 218 Å². The van der Waals surface area contributed by atoms with Gasteiger partial charge in [-0.15, -0.1) is 5.53 Å². The molecule has 0 amide bonds. The van der Waals surface area contributed by atoms with E-state index in [0.29, 0.717) is 39.6 Å². The molecule has 0 unspecified atom stereocenters. The van der Waals surface area contributed by atoms with Crippen molar-refractivity contribution in [2.45, 2.75) is 49.7 Å². The molecule has 4 N–H and O–H groups in total. The van der Waals surface area contributed by atoms with E-state index in [1.807, 2.05) is 11.1 Å². The lowest BCUT2D eigenvalue weighted by Gasteiger charge is -2.36. The van der Waals surface area contributed by atoms with Crippen LogP contribution in [-0.2, 0) is 0 Å². The predicted molar refractivity (Wildman–Crippen MR) is 135 cm³/mol. The van der Waals surface area contributed by atoms with Gasteiger partial charge in [0.25, 0.3) is 5.92 Å². The molecule has 2 fully saturated rings. The van der Waals surface area contributed by atoms with Gasteiger partial charge in [-0.2, -0.15) is 10.5 Å². The summed E-state index contributed by atoms with van der Waals surface area (Å²) in [5.74, 6) is -3.21. The first-order valence-electron chi connectivity index (χ1n) is 12.7. The molecule has 0 bridgehead atoms. The molecule has 3 aliphatic rings. The summed E-state index contributed by atoms with van der Waals surface area (Å²) in [4.78, 5) is 4.29. The average molecular weight is 518 g/mol. The fraction of sp³-hybridized carbons (Fsp3) is 0.296. The Morgan fingerprint density at radius 1 is 1.13 bits per heavy atom. The Hall–Kier alpha value is -4.48. The maximum Gasteiger partial charge on any atom is 0.252 e. The van der Waals surface area contributed by atoms with Gasteiger partial charge in [-0.1, -0.05) is 12.1 Å². The molecule has 1 aromatic heterocycles. The number of halogens is 3. The number of hydrogen-bond donors (Lipinski definition) is 4. The molecular formula is C27H23F3N8. The molecule has 2 saturated carbocycles. The molecule has 2 aliphatic carbocycles. The van der Waals surface area contributed by atoms with Gasteiger partial charge < -0.3 is 16.1 Å². The van der Waals surface area contributed by atoms with Crippen LogP contribution in [0.25, 0.3) is 10.9 Å². The minimum atomic E-state index is -2.76. The van der Waals surface area contributed by atoms with Crippen LogP contribution in [-0.4, -0.2) is 28.0 Å². The number of hydrazine groups is 2. The number of anilines is 2. The third-order valence-corrected chi connectivity index (χ3v) is 6.85. The summed E-state index contributed by atoms with van der Waals surface area (Å²) < 4.78 is 50.3. The quantitative estimate of drug-likeness (QED) is 0.353. The minimum absolute atomic E-state index is 0.152. The number of nitriles is 2. The molecule has 192 valence electrons. The molecule has 11 heteroatoms. The second-order valence-electron chi connectivity index (χ2n) is 9.72. The van der Waals surface area contributed by atoms with Crippen LogP contribution in [0.15, 0.2) is 54.5 Å². The lowest BCUT2D eigenvalue weighted by atomic mass is 9.87. The van der Waals surface area contributed by atoms with E-state index in [1.165, 1.54) is 36.5 Å². The minimum Gasteiger partial charge on any atom is -0.380 e. The number of alkyl halides is 2. The van der Waals surface area contributed by atoms with Crippen molar-refractivity contribution in [3.63, 3.8) is 0 Å². The van der Waals surface area contributed by atoms with Crippen molar-refractivity contribution >= 4 is 22.3 Å². The Bertz CT molecular complexity index is 1570. The number of hydrogen-bond acceptors (Lipinski definition) is 8. The highest BCUT2D eigenvalue weighted by Crippen LogP contribution is 2.41. The molecule has 6 rings (SSSR count). The second kappa shape index (κ2) is 9.12. The molecule has 1 aliphatic heterocycles. The summed E-state index contributed by atoms with van der Waals surface area (Å²) in [6.45, 7) is 0. The first-order valence-corrected chi connectivity index (χ1v) is 12.2. The normalized spacial score (nSPS) is 20.3. The van der Waals surface area contributed by atoms with Crippen LogP contribution in [0.5, 0.6) is 0 Å². The summed E-state index contributed by atoms with van der Waals surface area (Å²) in [6, 6.07) is 11.0. The van der Waals surface area contributed by atoms with Gasteiger partial charge in [-0.05, 0) is 42.7 Å². The van der Waals surface area contributed by atoms with E-state index in [0.717, 1.165) is 12.8 Å². The van der Waals surface area contributed by atoms with E-state index >= 15 is 0 Å². The van der Waals surface area contributed by atoms with Crippen molar-refractivity contribution in [1.29, 1.82) is 10.5 Å². The molecule has 2 aromatic carbocycles. The monoisotopic (exact) mass is 517 g/mol. The van der Waals surface area contributed by atoms with Crippen LogP contribution in [0.2, 0.25) is 0 Å². The molecule has 2 heterocycles. The highest BCUT2D eigenvalue weighted by molar-refractivity contribution is 5.99. The second-order valence-corrected chi connectivity index (χ2v) is 9.72. The average Bonchev–Trinajstić information content (AvgIpc) is 3.63. The maximum atomic E-state index is 13.8. The zero-order valence-electron chi connectivity index (χ0n) is 21.0. The molecule has 0 spiro atoms. The van der Waals surface area contributed by atoms with E-state index in [9.17, 15) is 25.1 Å². The summed E-state index contributed by atoms with van der Waals surface area (Å²) >= 11 is 0. The van der Waals surface area contributed by atoms with Crippen LogP contribution in [0.4, 0.5) is 24.5 Å². The first kappa shape index (κ1) is 22.7. The van der Waals surface area contributed by atoms with Crippen LogP contribution < -0.4 is 21.6 Å². The van der Waals surface area contributed by atoms with E-state index in [4.69, 9.17) is 0 Å². The number of nitrogens with one attached hydrogen (secondary N) is 4. The van der Waals surface area contributed by atoms with Gasteiger partial charge in [0.05, 0.1) is 35.4 Å². The molecule has 3 aromatic rings. The van der Waals surface area contributed by atoms with E-state index < -0.39 is 23.8 Å². The Kier molecular flexibility index (Phi) is 5.45. The SMILES string of the molecule is [2H][C@](Nc1cc(C#N)c2ncc(C#N)c(NC3CC(F)(F)C3)c2c1)(C1=CN(C2CC2)NN1)c1ccc(F)cc1. The third-order valence-electron chi connectivity index (χ3n) is 6.85. The molecule has 38 heavy (non-hydrogen) atoms. The van der Waals surface area contributed by atoms with Gasteiger partial charge in [-0.3, -0.25) is 9.99 Å². The van der Waals surface area contributed by atoms with Crippen LogP contribution in [0, 0.1) is 28.5 Å². The van der Waals surface area contributed by atoms with Crippen molar-refractivity contribution in [3.8, 4) is 12.1 Å². The highest BCUT2D eigenvalue weighted by Gasteiger charge is 2.45. The highest BCUT2D eigenvalue weighted by atomic mass is 19.3. The number of benzene rings is 2. The zero-order valence-corrected chi connectivity index (χ0v) is 20.0. The Morgan fingerprint density at radius 2 is 1.87 bits per heavy atom. The topological polar surface area (TPSA) is 112 Å². The van der Waals surface area contributed by atoms with Crippen molar-refractivity contribution in [3.05, 3.63) is 77.0 Å². The Balaban J connectivity index is 1.44. The van der Waals surface area contributed by atoms with Gasteiger partial charge in [0.15, 0.2) is 0 Å². The van der Waals surface area contributed by atoms with E-state index in [1.54, 1.807) is 12.3 Å². The third kappa shape index (κ3) is 4.53. The van der Waals surface area contributed by atoms with Gasteiger partial charge in [-0.25, -0.2) is 13.2 Å². The van der Waals surface area contributed by atoms with Gasteiger partial charge >= 0.3 is 0 Å². The van der Waals surface area contributed by atoms with E-state index in [-0.39, 0.29) is 24.0 Å². The number of aromatic nitrogens is 1. The number of fused-ring (bicyclic) bond motifs is 1. The smallest absolute Gasteiger partial charge is 0.252 e. The van der Waals surface area contributed by atoms with Crippen LogP contribution in [0.3, 0.4) is 0 Å². The molecule has 1 atom stereocenters. The van der Waals surface area contributed by atoms with Crippen molar-refractivity contribution in [2.75, 3.05) is 10.6 Å². The fourth-order valence-electron chi connectivity index (χ4n) is 4.73.